The van der Waals surface area contributed by atoms with Crippen molar-refractivity contribution in [3.8, 4) is 5.75 Å². The summed E-state index contributed by atoms with van der Waals surface area (Å²) >= 11 is 5.89. The quantitative estimate of drug-likeness (QED) is 0.705. The van der Waals surface area contributed by atoms with E-state index in [-0.39, 0.29) is 10.8 Å². The average molecular weight is 314 g/mol. The number of rotatable bonds is 3. The van der Waals surface area contributed by atoms with E-state index < -0.39 is 6.36 Å². The molecule has 2 rings (SSSR count). The number of hydrogen-bond acceptors (Lipinski definition) is 2. The molecule has 6 heteroatoms. The summed E-state index contributed by atoms with van der Waals surface area (Å²) in [6.07, 6.45) is -3.15. The molecule has 2 aromatic rings. The van der Waals surface area contributed by atoms with Crippen LogP contribution in [0.2, 0.25) is 5.02 Å². The zero-order valence-electron chi connectivity index (χ0n) is 11.0. The normalized spacial score (nSPS) is 11.9. The fraction of sp³-hybridized carbons (Fsp3) is 0.133. The Labute approximate surface area is 124 Å². The minimum Gasteiger partial charge on any atom is -0.406 e. The average Bonchev–Trinajstić information content (AvgIpc) is 2.38. The van der Waals surface area contributed by atoms with E-state index in [0.717, 1.165) is 17.2 Å². The van der Waals surface area contributed by atoms with Crippen LogP contribution in [0.25, 0.3) is 0 Å². The third kappa shape index (κ3) is 4.79. The highest BCUT2D eigenvalue weighted by molar-refractivity contribution is 6.33. The van der Waals surface area contributed by atoms with Crippen LogP contribution in [0.4, 0.5) is 18.9 Å². The SMILES string of the molecule is Cc1ccc(C=Nc2ccc(OC(F)(F)F)cc2Cl)cc1. The minimum atomic E-state index is -4.74. The fourth-order valence-corrected chi connectivity index (χ4v) is 1.81. The van der Waals surface area contributed by atoms with Gasteiger partial charge in [-0.25, -0.2) is 0 Å². The highest BCUT2D eigenvalue weighted by Gasteiger charge is 2.31. The summed E-state index contributed by atoms with van der Waals surface area (Å²) in [5, 5.41) is 0.0834. The molecule has 0 aromatic heterocycles. The van der Waals surface area contributed by atoms with E-state index >= 15 is 0 Å². The van der Waals surface area contributed by atoms with E-state index in [1.165, 1.54) is 12.1 Å². The standard InChI is InChI=1S/C15H11ClF3NO/c1-10-2-4-11(5-3-10)9-20-14-7-6-12(8-13(14)16)21-15(17,18)19/h2-9H,1H3. The van der Waals surface area contributed by atoms with Crippen molar-refractivity contribution in [3.05, 3.63) is 58.6 Å². The molecule has 0 aliphatic carbocycles. The molecule has 0 atom stereocenters. The van der Waals surface area contributed by atoms with E-state index in [4.69, 9.17) is 11.6 Å². The summed E-state index contributed by atoms with van der Waals surface area (Å²) in [5.74, 6) is -0.373. The lowest BCUT2D eigenvalue weighted by Crippen LogP contribution is -2.16. The van der Waals surface area contributed by atoms with Gasteiger partial charge in [0.1, 0.15) is 5.75 Å². The number of aliphatic imine (C=N–C) groups is 1. The molecule has 0 amide bonds. The molecule has 0 N–H and O–H groups in total. The molecule has 0 fully saturated rings. The van der Waals surface area contributed by atoms with Gasteiger partial charge in [-0.1, -0.05) is 41.4 Å². The molecule has 21 heavy (non-hydrogen) atoms. The van der Waals surface area contributed by atoms with E-state index in [0.29, 0.717) is 5.69 Å². The van der Waals surface area contributed by atoms with Crippen LogP contribution < -0.4 is 4.74 Å². The van der Waals surface area contributed by atoms with Crippen LogP contribution in [0.5, 0.6) is 5.75 Å². The summed E-state index contributed by atoms with van der Waals surface area (Å²) in [4.78, 5) is 4.15. The molecule has 0 bridgehead atoms. The maximum Gasteiger partial charge on any atom is 0.573 e. The number of benzene rings is 2. The first-order chi connectivity index (χ1) is 9.83. The van der Waals surface area contributed by atoms with Crippen LogP contribution >= 0.6 is 11.6 Å². The van der Waals surface area contributed by atoms with Crippen LogP contribution in [0.15, 0.2) is 47.5 Å². The molecular formula is C15H11ClF3NO. The third-order valence-electron chi connectivity index (χ3n) is 2.58. The molecule has 0 heterocycles. The van der Waals surface area contributed by atoms with Crippen molar-refractivity contribution in [1.82, 2.24) is 0 Å². The van der Waals surface area contributed by atoms with Gasteiger partial charge in [0.15, 0.2) is 0 Å². The lowest BCUT2D eigenvalue weighted by Gasteiger charge is -2.09. The van der Waals surface area contributed by atoms with Crippen molar-refractivity contribution in [3.63, 3.8) is 0 Å². The summed E-state index contributed by atoms with van der Waals surface area (Å²) in [7, 11) is 0. The fourth-order valence-electron chi connectivity index (χ4n) is 1.59. The second-order valence-electron chi connectivity index (χ2n) is 4.33. The Kier molecular flexibility index (Phi) is 4.53. The largest absolute Gasteiger partial charge is 0.573 e. The second kappa shape index (κ2) is 6.18. The molecule has 0 saturated carbocycles. The number of ether oxygens (including phenoxy) is 1. The van der Waals surface area contributed by atoms with E-state index in [9.17, 15) is 13.2 Å². The lowest BCUT2D eigenvalue weighted by atomic mass is 10.2. The predicted octanol–water partition coefficient (Wildman–Crippen LogP) is 5.30. The van der Waals surface area contributed by atoms with Gasteiger partial charge in [-0.3, -0.25) is 4.99 Å². The van der Waals surface area contributed by atoms with Crippen molar-refractivity contribution >= 4 is 23.5 Å². The summed E-state index contributed by atoms with van der Waals surface area (Å²) < 4.78 is 40.0. The Balaban J connectivity index is 2.16. The minimum absolute atomic E-state index is 0.0834. The van der Waals surface area contributed by atoms with Crippen molar-refractivity contribution in [2.75, 3.05) is 0 Å². The molecule has 0 spiro atoms. The number of halogens is 4. The van der Waals surface area contributed by atoms with Crippen LogP contribution in [-0.2, 0) is 0 Å². The number of alkyl halides is 3. The Morgan fingerprint density at radius 1 is 1.10 bits per heavy atom. The summed E-state index contributed by atoms with van der Waals surface area (Å²) in [5.41, 5.74) is 2.36. The smallest absolute Gasteiger partial charge is 0.406 e. The first-order valence-electron chi connectivity index (χ1n) is 5.99. The second-order valence-corrected chi connectivity index (χ2v) is 4.74. The number of hydrogen-bond donors (Lipinski definition) is 0. The van der Waals surface area contributed by atoms with Crippen LogP contribution in [0, 0.1) is 6.92 Å². The molecule has 0 aliphatic rings. The number of nitrogens with zero attached hydrogens (tertiary/aromatic N) is 1. The molecule has 0 unspecified atom stereocenters. The van der Waals surface area contributed by atoms with E-state index in [1.807, 2.05) is 31.2 Å². The van der Waals surface area contributed by atoms with Gasteiger partial charge >= 0.3 is 6.36 Å². The maximum atomic E-state index is 12.1. The molecule has 0 saturated heterocycles. The van der Waals surface area contributed by atoms with Crippen molar-refractivity contribution in [1.29, 1.82) is 0 Å². The summed E-state index contributed by atoms with van der Waals surface area (Å²) in [6.45, 7) is 1.97. The highest BCUT2D eigenvalue weighted by atomic mass is 35.5. The van der Waals surface area contributed by atoms with Crippen molar-refractivity contribution in [2.45, 2.75) is 13.3 Å². The van der Waals surface area contributed by atoms with E-state index in [2.05, 4.69) is 9.73 Å². The van der Waals surface area contributed by atoms with Gasteiger partial charge in [0, 0.05) is 12.3 Å². The highest BCUT2D eigenvalue weighted by Crippen LogP contribution is 2.31. The number of aryl methyl sites for hydroxylation is 1. The van der Waals surface area contributed by atoms with Gasteiger partial charge in [-0.15, -0.1) is 13.2 Å². The third-order valence-corrected chi connectivity index (χ3v) is 2.89. The van der Waals surface area contributed by atoms with Crippen LogP contribution in [-0.4, -0.2) is 12.6 Å². The van der Waals surface area contributed by atoms with Crippen LogP contribution in [0.3, 0.4) is 0 Å². The van der Waals surface area contributed by atoms with Gasteiger partial charge < -0.3 is 4.74 Å². The maximum absolute atomic E-state index is 12.1. The topological polar surface area (TPSA) is 21.6 Å². The van der Waals surface area contributed by atoms with Gasteiger partial charge in [0.05, 0.1) is 10.7 Å². The Bertz CT molecular complexity index is 651. The molecule has 2 nitrogen and oxygen atoms in total. The lowest BCUT2D eigenvalue weighted by molar-refractivity contribution is -0.274. The molecule has 0 radical (unpaired) electrons. The molecule has 2 aromatic carbocycles. The Hall–Kier alpha value is -2.01. The van der Waals surface area contributed by atoms with Crippen LogP contribution in [0.1, 0.15) is 11.1 Å². The van der Waals surface area contributed by atoms with E-state index in [1.54, 1.807) is 6.21 Å². The Morgan fingerprint density at radius 2 is 1.76 bits per heavy atom. The summed E-state index contributed by atoms with van der Waals surface area (Å²) in [6, 6.07) is 11.3. The zero-order valence-corrected chi connectivity index (χ0v) is 11.7. The monoisotopic (exact) mass is 313 g/mol. The van der Waals surface area contributed by atoms with Gasteiger partial charge in [0.25, 0.3) is 0 Å². The Morgan fingerprint density at radius 3 is 2.33 bits per heavy atom. The van der Waals surface area contributed by atoms with Gasteiger partial charge in [0.2, 0.25) is 0 Å². The predicted molar refractivity (Wildman–Crippen MR) is 76.6 cm³/mol. The molecular weight excluding hydrogens is 303 g/mol. The zero-order chi connectivity index (χ0) is 15.5. The van der Waals surface area contributed by atoms with Gasteiger partial charge in [-0.2, -0.15) is 0 Å². The first kappa shape index (κ1) is 15.4. The van der Waals surface area contributed by atoms with Crippen molar-refractivity contribution < 1.29 is 17.9 Å². The first-order valence-corrected chi connectivity index (χ1v) is 6.37. The van der Waals surface area contributed by atoms with Gasteiger partial charge in [-0.05, 0) is 24.6 Å². The van der Waals surface area contributed by atoms with Crippen molar-refractivity contribution in [2.24, 2.45) is 4.99 Å². The molecule has 110 valence electrons. The molecule has 0 aliphatic heterocycles.